The molecule has 0 N–H and O–H groups in total. The third-order valence-electron chi connectivity index (χ3n) is 2.61. The van der Waals surface area contributed by atoms with Crippen LogP contribution in [0.1, 0.15) is 53.9 Å². The number of carbonyl (C=O) groups excluding carboxylic acids is 1. The Morgan fingerprint density at radius 1 is 1.47 bits per heavy atom. The molecule has 1 aliphatic rings. The Morgan fingerprint density at radius 3 is 2.33 bits per heavy atom. The largest absolute Gasteiger partial charge is 0.444 e. The second kappa shape index (κ2) is 4.42. The van der Waals surface area contributed by atoms with Crippen LogP contribution in [0.15, 0.2) is 0 Å². The quantitative estimate of drug-likeness (QED) is 0.720. The highest BCUT2D eigenvalue weighted by Gasteiger charge is 2.37. The van der Waals surface area contributed by atoms with Gasteiger partial charge in [-0.3, -0.25) is 0 Å². The van der Waals surface area contributed by atoms with Crippen molar-refractivity contribution in [1.82, 2.24) is 4.90 Å². The van der Waals surface area contributed by atoms with Crippen molar-refractivity contribution in [2.24, 2.45) is 0 Å². The molecule has 1 fully saturated rings. The zero-order chi connectivity index (χ0) is 11.6. The molecule has 0 heterocycles. The Kier molecular flexibility index (Phi) is 3.63. The van der Waals surface area contributed by atoms with Gasteiger partial charge in [-0.25, -0.2) is 4.79 Å². The summed E-state index contributed by atoms with van der Waals surface area (Å²) in [7, 11) is 0. The fourth-order valence-corrected chi connectivity index (χ4v) is 1.55. The molecule has 3 heteroatoms. The van der Waals surface area contributed by atoms with E-state index in [1.807, 2.05) is 25.7 Å². The van der Waals surface area contributed by atoms with Gasteiger partial charge in [0.25, 0.3) is 0 Å². The summed E-state index contributed by atoms with van der Waals surface area (Å²) in [6, 6.07) is 0.710. The van der Waals surface area contributed by atoms with Gasteiger partial charge >= 0.3 is 6.09 Å². The normalized spacial score (nSPS) is 18.5. The molecule has 1 unspecified atom stereocenters. The Morgan fingerprint density at radius 2 is 2.00 bits per heavy atom. The topological polar surface area (TPSA) is 29.5 Å². The van der Waals surface area contributed by atoms with Crippen LogP contribution in [0.2, 0.25) is 0 Å². The van der Waals surface area contributed by atoms with Crippen LogP contribution < -0.4 is 0 Å². The lowest BCUT2D eigenvalue weighted by Crippen LogP contribution is -2.43. The van der Waals surface area contributed by atoms with Gasteiger partial charge in [-0.1, -0.05) is 6.92 Å². The average Bonchev–Trinajstić information content (AvgIpc) is 2.85. The highest BCUT2D eigenvalue weighted by atomic mass is 16.6. The molecule has 88 valence electrons. The van der Waals surface area contributed by atoms with E-state index >= 15 is 0 Å². The van der Waals surface area contributed by atoms with Gasteiger partial charge in [-0.15, -0.1) is 0 Å². The summed E-state index contributed by atoms with van der Waals surface area (Å²) in [5.74, 6) is 0. The Balaban J connectivity index is 2.59. The molecule has 1 aliphatic carbocycles. The molecule has 3 nitrogen and oxygen atoms in total. The van der Waals surface area contributed by atoms with E-state index in [0.717, 1.165) is 19.3 Å². The molecule has 1 saturated carbocycles. The van der Waals surface area contributed by atoms with E-state index in [0.29, 0.717) is 6.04 Å². The standard InChI is InChI=1S/C12H23NO2/c1-6-9(2)13(10-7-8-10)11(14)15-12(3,4)5/h9-10H,6-8H2,1-5H3. The van der Waals surface area contributed by atoms with Gasteiger partial charge in [0.15, 0.2) is 0 Å². The maximum absolute atomic E-state index is 11.9. The minimum Gasteiger partial charge on any atom is -0.444 e. The molecule has 1 atom stereocenters. The molecule has 1 rings (SSSR count). The van der Waals surface area contributed by atoms with E-state index in [-0.39, 0.29) is 12.1 Å². The number of amides is 1. The SMILES string of the molecule is CCC(C)N(C(=O)OC(C)(C)C)C1CC1. The molecule has 0 spiro atoms. The van der Waals surface area contributed by atoms with E-state index in [1.165, 1.54) is 0 Å². The van der Waals surface area contributed by atoms with Crippen molar-refractivity contribution >= 4 is 6.09 Å². The first-order valence-electron chi connectivity index (χ1n) is 5.86. The van der Waals surface area contributed by atoms with Crippen LogP contribution in [0, 0.1) is 0 Å². The monoisotopic (exact) mass is 213 g/mol. The van der Waals surface area contributed by atoms with Crippen molar-refractivity contribution in [3.63, 3.8) is 0 Å². The summed E-state index contributed by atoms with van der Waals surface area (Å²) in [5, 5.41) is 0. The first-order chi connectivity index (χ1) is 6.85. The summed E-state index contributed by atoms with van der Waals surface area (Å²) in [4.78, 5) is 13.9. The molecule has 0 aromatic heterocycles. The van der Waals surface area contributed by atoms with E-state index in [9.17, 15) is 4.79 Å². The smallest absolute Gasteiger partial charge is 0.410 e. The lowest BCUT2D eigenvalue weighted by atomic mass is 10.2. The first kappa shape index (κ1) is 12.3. The average molecular weight is 213 g/mol. The summed E-state index contributed by atoms with van der Waals surface area (Å²) >= 11 is 0. The lowest BCUT2D eigenvalue weighted by Gasteiger charge is -2.31. The number of ether oxygens (including phenoxy) is 1. The van der Waals surface area contributed by atoms with Gasteiger partial charge < -0.3 is 9.64 Å². The molecule has 0 aromatic carbocycles. The number of rotatable bonds is 3. The highest BCUT2D eigenvalue weighted by Crippen LogP contribution is 2.30. The van der Waals surface area contributed by atoms with Gasteiger partial charge in [0, 0.05) is 12.1 Å². The highest BCUT2D eigenvalue weighted by molar-refractivity contribution is 5.69. The van der Waals surface area contributed by atoms with Gasteiger partial charge in [-0.05, 0) is 47.0 Å². The Labute approximate surface area is 92.8 Å². The molecule has 0 bridgehead atoms. The molecule has 0 aliphatic heterocycles. The van der Waals surface area contributed by atoms with Crippen molar-refractivity contribution in [2.45, 2.75) is 71.6 Å². The van der Waals surface area contributed by atoms with E-state index in [4.69, 9.17) is 4.74 Å². The van der Waals surface area contributed by atoms with Crippen molar-refractivity contribution in [3.8, 4) is 0 Å². The second-order valence-corrected chi connectivity index (χ2v) is 5.38. The van der Waals surface area contributed by atoms with Gasteiger partial charge in [0.2, 0.25) is 0 Å². The number of hydrogen-bond donors (Lipinski definition) is 0. The van der Waals surface area contributed by atoms with Crippen molar-refractivity contribution in [2.75, 3.05) is 0 Å². The summed E-state index contributed by atoms with van der Waals surface area (Å²) in [6.45, 7) is 9.92. The second-order valence-electron chi connectivity index (χ2n) is 5.38. The Bertz CT molecular complexity index is 228. The van der Waals surface area contributed by atoms with Crippen molar-refractivity contribution in [1.29, 1.82) is 0 Å². The minimum atomic E-state index is -0.391. The van der Waals surface area contributed by atoms with E-state index < -0.39 is 5.60 Å². The number of hydrogen-bond acceptors (Lipinski definition) is 2. The van der Waals surface area contributed by atoms with Crippen LogP contribution in [0.25, 0.3) is 0 Å². The lowest BCUT2D eigenvalue weighted by molar-refractivity contribution is 0.0153. The third-order valence-corrected chi connectivity index (χ3v) is 2.61. The van der Waals surface area contributed by atoms with Gasteiger partial charge in [0.1, 0.15) is 5.60 Å². The predicted molar refractivity (Wildman–Crippen MR) is 60.8 cm³/mol. The predicted octanol–water partition coefficient (Wildman–Crippen LogP) is 3.18. The van der Waals surface area contributed by atoms with Crippen LogP contribution in [0.5, 0.6) is 0 Å². The molecule has 0 saturated heterocycles. The molecule has 1 amide bonds. The summed E-state index contributed by atoms with van der Waals surface area (Å²) in [5.41, 5.74) is -0.391. The van der Waals surface area contributed by atoms with Crippen LogP contribution >= 0.6 is 0 Å². The maximum atomic E-state index is 11.9. The zero-order valence-corrected chi connectivity index (χ0v) is 10.5. The fraction of sp³-hybridized carbons (Fsp3) is 0.917. The molecule has 0 aromatic rings. The van der Waals surface area contributed by atoms with Crippen molar-refractivity contribution < 1.29 is 9.53 Å². The van der Waals surface area contributed by atoms with Crippen LogP contribution in [-0.4, -0.2) is 28.7 Å². The van der Waals surface area contributed by atoms with Crippen LogP contribution in [0.3, 0.4) is 0 Å². The van der Waals surface area contributed by atoms with Gasteiger partial charge in [0.05, 0.1) is 0 Å². The van der Waals surface area contributed by atoms with E-state index in [1.54, 1.807) is 0 Å². The van der Waals surface area contributed by atoms with Gasteiger partial charge in [-0.2, -0.15) is 0 Å². The summed E-state index contributed by atoms with van der Waals surface area (Å²) < 4.78 is 5.41. The van der Waals surface area contributed by atoms with Crippen LogP contribution in [-0.2, 0) is 4.74 Å². The molecular formula is C12H23NO2. The zero-order valence-electron chi connectivity index (χ0n) is 10.5. The Hall–Kier alpha value is -0.730. The van der Waals surface area contributed by atoms with E-state index in [2.05, 4.69) is 13.8 Å². The van der Waals surface area contributed by atoms with Crippen LogP contribution in [0.4, 0.5) is 4.79 Å². The minimum absolute atomic E-state index is 0.153. The summed E-state index contributed by atoms with van der Waals surface area (Å²) in [6.07, 6.45) is 3.09. The number of carbonyl (C=O) groups is 1. The first-order valence-corrected chi connectivity index (χ1v) is 5.86. The van der Waals surface area contributed by atoms with Crippen molar-refractivity contribution in [3.05, 3.63) is 0 Å². The maximum Gasteiger partial charge on any atom is 0.410 e. The molecular weight excluding hydrogens is 190 g/mol. The molecule has 0 radical (unpaired) electrons. The molecule has 15 heavy (non-hydrogen) atoms. The third kappa shape index (κ3) is 3.73. The number of nitrogens with zero attached hydrogens (tertiary/aromatic N) is 1. The fourth-order valence-electron chi connectivity index (χ4n) is 1.55.